The summed E-state index contributed by atoms with van der Waals surface area (Å²) < 4.78 is 13.9. The van der Waals surface area contributed by atoms with Crippen LogP contribution in [0.1, 0.15) is 45.6 Å². The third-order valence-corrected chi connectivity index (χ3v) is 6.13. The summed E-state index contributed by atoms with van der Waals surface area (Å²) in [6, 6.07) is 11.0. The van der Waals surface area contributed by atoms with Gasteiger partial charge >= 0.3 is 0 Å². The Kier molecular flexibility index (Phi) is 5.34. The molecule has 1 aliphatic heterocycles. The van der Waals surface area contributed by atoms with Gasteiger partial charge in [0.15, 0.2) is 0 Å². The topological polar surface area (TPSA) is 23.5 Å². The first-order chi connectivity index (χ1) is 11.9. The highest BCUT2D eigenvalue weighted by Crippen LogP contribution is 2.33. The van der Waals surface area contributed by atoms with E-state index in [1.807, 2.05) is 24.3 Å². The van der Waals surface area contributed by atoms with Crippen LogP contribution in [-0.2, 0) is 5.41 Å². The molecule has 0 saturated carbocycles. The highest BCUT2D eigenvalue weighted by Gasteiger charge is 2.21. The molecule has 1 fully saturated rings. The van der Waals surface area contributed by atoms with Crippen molar-refractivity contribution in [2.24, 2.45) is 0 Å². The zero-order chi connectivity index (χ0) is 18.0. The van der Waals surface area contributed by atoms with Crippen molar-refractivity contribution in [2.75, 3.05) is 18.0 Å². The van der Waals surface area contributed by atoms with Gasteiger partial charge in [0.25, 0.3) is 0 Å². The Morgan fingerprint density at radius 2 is 1.72 bits per heavy atom. The molecule has 0 radical (unpaired) electrons. The normalized spacial score (nSPS) is 15.9. The molecule has 1 heterocycles. The Hall–Kier alpha value is -1.60. The molecular weight excluding hydrogens is 332 g/mol. The second-order valence-electron chi connectivity index (χ2n) is 7.79. The number of anilines is 1. The van der Waals surface area contributed by atoms with Crippen LogP contribution >= 0.6 is 8.58 Å². The van der Waals surface area contributed by atoms with Gasteiger partial charge in [-0.2, -0.15) is 0 Å². The van der Waals surface area contributed by atoms with Gasteiger partial charge in [-0.25, -0.2) is 4.39 Å². The predicted octanol–water partition coefficient (Wildman–Crippen LogP) is 4.45. The Balaban J connectivity index is 1.96. The summed E-state index contributed by atoms with van der Waals surface area (Å²) in [4.78, 5) is 2.29. The minimum Gasteiger partial charge on any atom is -0.507 e. The molecule has 2 aromatic rings. The Labute approximate surface area is 151 Å². The van der Waals surface area contributed by atoms with Crippen LogP contribution in [0, 0.1) is 5.82 Å². The summed E-state index contributed by atoms with van der Waals surface area (Å²) in [5.74, 6) is 0.184. The lowest BCUT2D eigenvalue weighted by Gasteiger charge is -2.31. The fourth-order valence-corrected chi connectivity index (χ4v) is 4.65. The van der Waals surface area contributed by atoms with Crippen molar-refractivity contribution in [3.05, 3.63) is 47.8 Å². The van der Waals surface area contributed by atoms with Gasteiger partial charge in [-0.1, -0.05) is 47.6 Å². The number of aromatic hydroxyl groups is 1. The van der Waals surface area contributed by atoms with Gasteiger partial charge in [-0.3, -0.25) is 0 Å². The number of para-hydroxylation sites is 1. The number of rotatable bonds is 3. The van der Waals surface area contributed by atoms with Crippen LogP contribution in [0.3, 0.4) is 0 Å². The van der Waals surface area contributed by atoms with E-state index in [-0.39, 0.29) is 11.2 Å². The Bertz CT molecular complexity index is 748. The highest BCUT2D eigenvalue weighted by atomic mass is 31.1. The second kappa shape index (κ2) is 7.33. The number of nitrogens with zero attached hydrogens (tertiary/aromatic N) is 1. The van der Waals surface area contributed by atoms with E-state index in [0.29, 0.717) is 14.3 Å². The fourth-order valence-electron chi connectivity index (χ4n) is 3.40. The lowest BCUT2D eigenvalue weighted by atomic mass is 9.86. The van der Waals surface area contributed by atoms with Gasteiger partial charge in [0.1, 0.15) is 11.6 Å². The maximum atomic E-state index is 13.9. The second-order valence-corrected chi connectivity index (χ2v) is 9.11. The molecule has 134 valence electrons. The maximum Gasteiger partial charge on any atom is 0.127 e. The minimum atomic E-state index is -0.193. The number of phenols is 1. The number of hydrogen-bond donors (Lipinski definition) is 1. The summed E-state index contributed by atoms with van der Waals surface area (Å²) in [6.07, 6.45) is 3.56. The van der Waals surface area contributed by atoms with E-state index in [0.717, 1.165) is 47.8 Å². The quantitative estimate of drug-likeness (QED) is 0.819. The van der Waals surface area contributed by atoms with E-state index in [4.69, 9.17) is 0 Å². The summed E-state index contributed by atoms with van der Waals surface area (Å²) in [7, 11) is 0.312. The minimum absolute atomic E-state index is 0.108. The molecule has 0 aromatic heterocycles. The molecule has 4 heteroatoms. The molecule has 1 aliphatic rings. The first-order valence-electron chi connectivity index (χ1n) is 9.00. The molecule has 0 amide bonds. The summed E-state index contributed by atoms with van der Waals surface area (Å²) in [6.45, 7) is 8.27. The van der Waals surface area contributed by atoms with Gasteiger partial charge in [-0.05, 0) is 48.4 Å². The summed E-state index contributed by atoms with van der Waals surface area (Å²) >= 11 is 0. The third kappa shape index (κ3) is 4.15. The molecule has 2 aromatic carbocycles. The van der Waals surface area contributed by atoms with E-state index in [2.05, 4.69) is 25.7 Å². The third-order valence-electron chi connectivity index (χ3n) is 4.77. The number of benzene rings is 2. The molecule has 0 spiro atoms. The molecule has 1 N–H and O–H groups in total. The van der Waals surface area contributed by atoms with Crippen LogP contribution in [0.25, 0.3) is 0 Å². The van der Waals surface area contributed by atoms with E-state index < -0.39 is 0 Å². The molecular formula is C21H27FNOP. The highest BCUT2D eigenvalue weighted by molar-refractivity contribution is 7.56. The van der Waals surface area contributed by atoms with Crippen LogP contribution in [0.5, 0.6) is 5.75 Å². The number of phenolic OH excluding ortho intramolecular Hbond substituents is 1. The van der Waals surface area contributed by atoms with E-state index in [1.165, 1.54) is 12.5 Å². The number of hydrogen-bond acceptors (Lipinski definition) is 2. The van der Waals surface area contributed by atoms with E-state index in [9.17, 15) is 9.50 Å². The first-order valence-corrected chi connectivity index (χ1v) is 10.0. The summed E-state index contributed by atoms with van der Waals surface area (Å²) in [5.41, 5.74) is 1.83. The average molecular weight is 359 g/mol. The van der Waals surface area contributed by atoms with Crippen molar-refractivity contribution in [1.82, 2.24) is 0 Å². The van der Waals surface area contributed by atoms with Gasteiger partial charge in [0.2, 0.25) is 0 Å². The molecule has 2 nitrogen and oxygen atoms in total. The smallest absolute Gasteiger partial charge is 0.127 e. The largest absolute Gasteiger partial charge is 0.507 e. The predicted molar refractivity (Wildman–Crippen MR) is 107 cm³/mol. The summed E-state index contributed by atoms with van der Waals surface area (Å²) in [5, 5.41) is 12.8. The van der Waals surface area contributed by atoms with Gasteiger partial charge < -0.3 is 10.0 Å². The van der Waals surface area contributed by atoms with E-state index >= 15 is 0 Å². The number of piperidine rings is 1. The SMILES string of the molecule is CC(C)(C)c1cccc(Pc2ccc(F)cc2N2CCCCC2)c1O. The van der Waals surface area contributed by atoms with Crippen molar-refractivity contribution < 1.29 is 9.50 Å². The Morgan fingerprint density at radius 3 is 2.40 bits per heavy atom. The van der Waals surface area contributed by atoms with Gasteiger partial charge in [0, 0.05) is 29.4 Å². The molecule has 1 saturated heterocycles. The van der Waals surface area contributed by atoms with Crippen molar-refractivity contribution in [3.8, 4) is 5.75 Å². The van der Waals surface area contributed by atoms with Gasteiger partial charge in [-0.15, -0.1) is 0 Å². The van der Waals surface area contributed by atoms with Crippen LogP contribution in [0.4, 0.5) is 10.1 Å². The van der Waals surface area contributed by atoms with Crippen LogP contribution < -0.4 is 15.5 Å². The average Bonchev–Trinajstić information content (AvgIpc) is 2.58. The van der Waals surface area contributed by atoms with Crippen LogP contribution in [0.2, 0.25) is 0 Å². The zero-order valence-electron chi connectivity index (χ0n) is 15.3. The van der Waals surface area contributed by atoms with Crippen molar-refractivity contribution in [3.63, 3.8) is 0 Å². The lowest BCUT2D eigenvalue weighted by Crippen LogP contribution is -2.32. The van der Waals surface area contributed by atoms with Crippen LogP contribution in [0.15, 0.2) is 36.4 Å². The van der Waals surface area contributed by atoms with Crippen molar-refractivity contribution >= 4 is 24.9 Å². The van der Waals surface area contributed by atoms with E-state index in [1.54, 1.807) is 6.07 Å². The molecule has 25 heavy (non-hydrogen) atoms. The molecule has 3 rings (SSSR count). The first kappa shape index (κ1) is 18.2. The van der Waals surface area contributed by atoms with Crippen molar-refractivity contribution in [2.45, 2.75) is 45.4 Å². The maximum absolute atomic E-state index is 13.9. The van der Waals surface area contributed by atoms with Gasteiger partial charge in [0.05, 0.1) is 0 Å². The molecule has 0 aliphatic carbocycles. The van der Waals surface area contributed by atoms with Crippen molar-refractivity contribution in [1.29, 1.82) is 0 Å². The van der Waals surface area contributed by atoms with Crippen LogP contribution in [-0.4, -0.2) is 18.2 Å². The Morgan fingerprint density at radius 1 is 1.00 bits per heavy atom. The molecule has 1 unspecified atom stereocenters. The fraction of sp³-hybridized carbons (Fsp3) is 0.429. The molecule has 0 bridgehead atoms. The molecule has 1 atom stereocenters. The zero-order valence-corrected chi connectivity index (χ0v) is 16.3. The number of halogens is 1. The standard InChI is InChI=1S/C21H27FNOP/c1-21(2,3)16-8-7-9-19(20(16)24)25-18-11-10-15(22)14-17(18)23-12-5-4-6-13-23/h7-11,14,24-25H,4-6,12-13H2,1-3H3. The monoisotopic (exact) mass is 359 g/mol. The lowest BCUT2D eigenvalue weighted by molar-refractivity contribution is 0.451.